The van der Waals surface area contributed by atoms with Gasteiger partial charge in [0.05, 0.1) is 11.3 Å². The summed E-state index contributed by atoms with van der Waals surface area (Å²) in [6.07, 6.45) is 0. The van der Waals surface area contributed by atoms with E-state index in [1.807, 2.05) is 25.1 Å². The zero-order chi connectivity index (χ0) is 13.8. The van der Waals surface area contributed by atoms with Gasteiger partial charge in [0.25, 0.3) is 0 Å². The minimum Gasteiger partial charge on any atom is -0.508 e. The summed E-state index contributed by atoms with van der Waals surface area (Å²) in [7, 11) is 0. The molecule has 2 aromatic carbocycles. The van der Waals surface area contributed by atoms with Gasteiger partial charge in [0.2, 0.25) is 0 Å². The highest BCUT2D eigenvalue weighted by Crippen LogP contribution is 2.22. The fourth-order valence-corrected chi connectivity index (χ4v) is 1.84. The lowest BCUT2D eigenvalue weighted by Gasteiger charge is -2.10. The SMILES string of the molecule is Cc1ccc(NCc2cc(N)ccc2O)c(C#N)c1. The van der Waals surface area contributed by atoms with Crippen molar-refractivity contribution in [3.63, 3.8) is 0 Å². The Kier molecular flexibility index (Phi) is 3.58. The quantitative estimate of drug-likeness (QED) is 0.580. The average Bonchev–Trinajstić information content (AvgIpc) is 2.40. The largest absolute Gasteiger partial charge is 0.508 e. The van der Waals surface area contributed by atoms with Crippen molar-refractivity contribution in [2.45, 2.75) is 13.5 Å². The molecule has 0 bridgehead atoms. The third-order valence-electron chi connectivity index (χ3n) is 2.87. The lowest BCUT2D eigenvalue weighted by Crippen LogP contribution is -2.02. The van der Waals surface area contributed by atoms with Crippen molar-refractivity contribution in [2.24, 2.45) is 0 Å². The molecule has 96 valence electrons. The molecule has 19 heavy (non-hydrogen) atoms. The number of nitrogens with one attached hydrogen (secondary N) is 1. The van der Waals surface area contributed by atoms with Crippen LogP contribution >= 0.6 is 0 Å². The zero-order valence-corrected chi connectivity index (χ0v) is 10.6. The van der Waals surface area contributed by atoms with Crippen molar-refractivity contribution in [2.75, 3.05) is 11.1 Å². The first-order valence-electron chi connectivity index (χ1n) is 5.92. The summed E-state index contributed by atoms with van der Waals surface area (Å²) in [6.45, 7) is 2.35. The second-order valence-corrected chi connectivity index (χ2v) is 4.40. The van der Waals surface area contributed by atoms with Gasteiger partial charge >= 0.3 is 0 Å². The van der Waals surface area contributed by atoms with Crippen molar-refractivity contribution < 1.29 is 5.11 Å². The molecular formula is C15H15N3O. The van der Waals surface area contributed by atoms with E-state index in [0.29, 0.717) is 23.4 Å². The maximum Gasteiger partial charge on any atom is 0.120 e. The van der Waals surface area contributed by atoms with Crippen LogP contribution < -0.4 is 11.1 Å². The molecule has 0 heterocycles. The average molecular weight is 253 g/mol. The van der Waals surface area contributed by atoms with Crippen LogP contribution in [0.1, 0.15) is 16.7 Å². The van der Waals surface area contributed by atoms with Gasteiger partial charge in [0.15, 0.2) is 0 Å². The summed E-state index contributed by atoms with van der Waals surface area (Å²) in [5.41, 5.74) is 9.34. The van der Waals surface area contributed by atoms with Crippen molar-refractivity contribution in [1.82, 2.24) is 0 Å². The number of phenols is 1. The molecule has 0 aliphatic carbocycles. The van der Waals surface area contributed by atoms with Gasteiger partial charge in [-0.25, -0.2) is 0 Å². The second-order valence-electron chi connectivity index (χ2n) is 4.40. The van der Waals surface area contributed by atoms with E-state index in [1.165, 1.54) is 0 Å². The van der Waals surface area contributed by atoms with E-state index in [0.717, 1.165) is 11.3 Å². The van der Waals surface area contributed by atoms with E-state index in [1.54, 1.807) is 18.2 Å². The van der Waals surface area contributed by atoms with Gasteiger partial charge in [-0.3, -0.25) is 0 Å². The fraction of sp³-hybridized carbons (Fsp3) is 0.133. The number of phenolic OH excluding ortho intramolecular Hbond substituents is 1. The highest BCUT2D eigenvalue weighted by atomic mass is 16.3. The molecular weight excluding hydrogens is 238 g/mol. The van der Waals surface area contributed by atoms with Crippen LogP contribution in [0.4, 0.5) is 11.4 Å². The minimum atomic E-state index is 0.187. The van der Waals surface area contributed by atoms with Crippen LogP contribution in [0.15, 0.2) is 36.4 Å². The Bertz CT molecular complexity index is 644. The van der Waals surface area contributed by atoms with Gasteiger partial charge in [-0.05, 0) is 42.8 Å². The van der Waals surface area contributed by atoms with Crippen LogP contribution in [0.2, 0.25) is 0 Å². The van der Waals surface area contributed by atoms with E-state index in [9.17, 15) is 5.11 Å². The lowest BCUT2D eigenvalue weighted by atomic mass is 10.1. The van der Waals surface area contributed by atoms with Gasteiger partial charge in [0, 0.05) is 17.8 Å². The molecule has 4 N–H and O–H groups in total. The molecule has 2 aromatic rings. The van der Waals surface area contributed by atoms with Crippen molar-refractivity contribution in [3.05, 3.63) is 53.1 Å². The molecule has 0 aromatic heterocycles. The number of rotatable bonds is 3. The first kappa shape index (κ1) is 12.8. The molecule has 0 spiro atoms. The summed E-state index contributed by atoms with van der Waals surface area (Å²) in [4.78, 5) is 0. The van der Waals surface area contributed by atoms with Crippen LogP contribution in [-0.4, -0.2) is 5.11 Å². The molecule has 4 nitrogen and oxygen atoms in total. The number of nitrogen functional groups attached to an aromatic ring is 1. The van der Waals surface area contributed by atoms with Gasteiger partial charge < -0.3 is 16.2 Å². The Labute approximate surface area is 112 Å². The highest BCUT2D eigenvalue weighted by molar-refractivity contribution is 5.59. The molecule has 0 saturated carbocycles. The fourth-order valence-electron chi connectivity index (χ4n) is 1.84. The molecule has 0 aliphatic rings. The summed E-state index contributed by atoms with van der Waals surface area (Å²) in [5, 5.41) is 21.9. The standard InChI is InChI=1S/C15H15N3O/c1-10-2-4-14(11(6-10)8-16)18-9-12-7-13(17)3-5-15(12)19/h2-7,18-19H,9,17H2,1H3. The number of aromatic hydroxyl groups is 1. The Balaban J connectivity index is 2.19. The molecule has 2 rings (SSSR count). The number of hydrogen-bond donors (Lipinski definition) is 3. The van der Waals surface area contributed by atoms with Crippen molar-refractivity contribution in [1.29, 1.82) is 5.26 Å². The number of anilines is 2. The smallest absolute Gasteiger partial charge is 0.120 e. The third kappa shape index (κ3) is 2.96. The maximum atomic E-state index is 9.72. The van der Waals surface area contributed by atoms with E-state index < -0.39 is 0 Å². The topological polar surface area (TPSA) is 82.1 Å². The highest BCUT2D eigenvalue weighted by Gasteiger charge is 2.05. The first-order valence-corrected chi connectivity index (χ1v) is 5.92. The van der Waals surface area contributed by atoms with Crippen LogP contribution in [0.3, 0.4) is 0 Å². The number of hydrogen-bond acceptors (Lipinski definition) is 4. The summed E-state index contributed by atoms with van der Waals surface area (Å²) < 4.78 is 0. The van der Waals surface area contributed by atoms with E-state index in [-0.39, 0.29) is 5.75 Å². The summed E-state index contributed by atoms with van der Waals surface area (Å²) >= 11 is 0. The van der Waals surface area contributed by atoms with Crippen LogP contribution in [0, 0.1) is 18.3 Å². The van der Waals surface area contributed by atoms with Gasteiger partial charge in [-0.1, -0.05) is 6.07 Å². The van der Waals surface area contributed by atoms with Crippen molar-refractivity contribution in [3.8, 4) is 11.8 Å². The van der Waals surface area contributed by atoms with Gasteiger partial charge in [-0.15, -0.1) is 0 Å². The number of benzene rings is 2. The molecule has 0 amide bonds. The minimum absolute atomic E-state index is 0.187. The van der Waals surface area contributed by atoms with Crippen LogP contribution in [-0.2, 0) is 6.54 Å². The van der Waals surface area contributed by atoms with Gasteiger partial charge in [0.1, 0.15) is 11.8 Å². The van der Waals surface area contributed by atoms with Gasteiger partial charge in [-0.2, -0.15) is 5.26 Å². The van der Waals surface area contributed by atoms with E-state index in [2.05, 4.69) is 11.4 Å². The summed E-state index contributed by atoms with van der Waals surface area (Å²) in [6, 6.07) is 12.7. The van der Waals surface area contributed by atoms with Crippen LogP contribution in [0.25, 0.3) is 0 Å². The van der Waals surface area contributed by atoms with Crippen LogP contribution in [0.5, 0.6) is 5.75 Å². The monoisotopic (exact) mass is 253 g/mol. The second kappa shape index (κ2) is 5.32. The molecule has 0 fully saturated rings. The predicted octanol–water partition coefficient (Wildman–Crippen LogP) is 2.77. The molecule has 0 atom stereocenters. The third-order valence-corrected chi connectivity index (χ3v) is 2.87. The number of nitrogens with zero attached hydrogens (tertiary/aromatic N) is 1. The maximum absolute atomic E-state index is 9.72. The molecule has 0 radical (unpaired) electrons. The molecule has 0 saturated heterocycles. The number of aryl methyl sites for hydroxylation is 1. The predicted molar refractivity (Wildman–Crippen MR) is 75.7 cm³/mol. The number of nitrogens with two attached hydrogens (primary N) is 1. The Morgan fingerprint density at radius 3 is 2.79 bits per heavy atom. The molecule has 4 heteroatoms. The zero-order valence-electron chi connectivity index (χ0n) is 10.6. The Hall–Kier alpha value is -2.67. The first-order chi connectivity index (χ1) is 9.10. The lowest BCUT2D eigenvalue weighted by molar-refractivity contribution is 0.469. The Morgan fingerprint density at radius 1 is 1.26 bits per heavy atom. The summed E-state index contributed by atoms with van der Waals surface area (Å²) in [5.74, 6) is 0.187. The van der Waals surface area contributed by atoms with E-state index in [4.69, 9.17) is 11.0 Å². The Morgan fingerprint density at radius 2 is 2.05 bits per heavy atom. The van der Waals surface area contributed by atoms with E-state index >= 15 is 0 Å². The number of nitriles is 1. The molecule has 0 aliphatic heterocycles. The van der Waals surface area contributed by atoms with Crippen molar-refractivity contribution >= 4 is 11.4 Å². The molecule has 0 unspecified atom stereocenters. The normalized spacial score (nSPS) is 9.89.